The van der Waals surface area contributed by atoms with Gasteiger partial charge >= 0.3 is 5.97 Å². The molecule has 0 aromatic heterocycles. The Bertz CT molecular complexity index is 1280. The Labute approximate surface area is 494 Å². The molecule has 6 nitrogen and oxygen atoms in total. The molecule has 0 rings (SSSR count). The number of amides is 1. The molecule has 466 valence electrons. The highest BCUT2D eigenvalue weighted by molar-refractivity contribution is 5.76. The number of aliphatic hydroxyl groups is 2. The summed E-state index contributed by atoms with van der Waals surface area (Å²) in [6.07, 6.45) is 87.8. The number of ether oxygens (including phenoxy) is 1. The van der Waals surface area contributed by atoms with Gasteiger partial charge in [0.25, 0.3) is 0 Å². The van der Waals surface area contributed by atoms with Crippen molar-refractivity contribution >= 4 is 11.9 Å². The number of carbonyl (C=O) groups excluding carboxylic acids is 2. The van der Waals surface area contributed by atoms with Crippen molar-refractivity contribution in [1.82, 2.24) is 5.32 Å². The van der Waals surface area contributed by atoms with Crippen LogP contribution in [0.1, 0.15) is 393 Å². The number of esters is 1. The molecular formula is C73H139NO5. The predicted molar refractivity (Wildman–Crippen MR) is 347 cm³/mol. The zero-order valence-electron chi connectivity index (χ0n) is 53.4. The summed E-state index contributed by atoms with van der Waals surface area (Å²) in [5, 5.41) is 23.3. The number of allylic oxidation sites excluding steroid dienone is 6. The highest BCUT2D eigenvalue weighted by Gasteiger charge is 2.20. The molecular weight excluding hydrogens is 971 g/mol. The maximum Gasteiger partial charge on any atom is 0.305 e. The van der Waals surface area contributed by atoms with E-state index in [0.29, 0.717) is 25.9 Å². The molecule has 2 atom stereocenters. The van der Waals surface area contributed by atoms with Gasteiger partial charge in [-0.3, -0.25) is 9.59 Å². The second-order valence-electron chi connectivity index (χ2n) is 24.6. The van der Waals surface area contributed by atoms with Crippen molar-refractivity contribution in [3.05, 3.63) is 36.5 Å². The number of rotatable bonds is 67. The molecule has 0 radical (unpaired) electrons. The van der Waals surface area contributed by atoms with Crippen LogP contribution < -0.4 is 5.32 Å². The summed E-state index contributed by atoms with van der Waals surface area (Å²) >= 11 is 0. The second-order valence-corrected chi connectivity index (χ2v) is 24.6. The van der Waals surface area contributed by atoms with Crippen molar-refractivity contribution in [2.45, 2.75) is 405 Å². The maximum atomic E-state index is 12.5. The van der Waals surface area contributed by atoms with Crippen LogP contribution in [0.15, 0.2) is 36.5 Å². The maximum absolute atomic E-state index is 12.5. The van der Waals surface area contributed by atoms with Crippen molar-refractivity contribution in [1.29, 1.82) is 0 Å². The monoisotopic (exact) mass is 1110 g/mol. The largest absolute Gasteiger partial charge is 0.466 e. The number of nitrogens with one attached hydrogen (secondary N) is 1. The SMILES string of the molecule is CCCCC/C=C\C/C=C\CCCCCCCCCC(=O)OCCCCCCCCCCCCCC/C=C\CCCCCCCCCCCCCCCCCCCC(=O)NC(CO)C(O)CCCCCCCCCCCCCC. The van der Waals surface area contributed by atoms with E-state index in [1.165, 1.54) is 308 Å². The third-order valence-corrected chi connectivity index (χ3v) is 16.7. The van der Waals surface area contributed by atoms with Gasteiger partial charge in [0.1, 0.15) is 0 Å². The van der Waals surface area contributed by atoms with Gasteiger partial charge < -0.3 is 20.3 Å². The van der Waals surface area contributed by atoms with Crippen LogP contribution in [0, 0.1) is 0 Å². The van der Waals surface area contributed by atoms with Gasteiger partial charge in [-0.2, -0.15) is 0 Å². The molecule has 1 amide bonds. The molecule has 0 saturated heterocycles. The minimum Gasteiger partial charge on any atom is -0.466 e. The molecule has 79 heavy (non-hydrogen) atoms. The first-order valence-corrected chi connectivity index (χ1v) is 35.7. The Balaban J connectivity index is 3.33. The van der Waals surface area contributed by atoms with E-state index in [-0.39, 0.29) is 18.5 Å². The molecule has 0 fully saturated rings. The molecule has 0 heterocycles. The first-order valence-electron chi connectivity index (χ1n) is 35.7. The van der Waals surface area contributed by atoms with Gasteiger partial charge in [-0.15, -0.1) is 0 Å². The molecule has 0 aliphatic rings. The summed E-state index contributed by atoms with van der Waals surface area (Å²) in [7, 11) is 0. The number of hydrogen-bond donors (Lipinski definition) is 3. The van der Waals surface area contributed by atoms with E-state index in [4.69, 9.17) is 4.74 Å². The second kappa shape index (κ2) is 68.6. The lowest BCUT2D eigenvalue weighted by Gasteiger charge is -2.22. The summed E-state index contributed by atoms with van der Waals surface area (Å²) in [5.74, 6) is -0.0194. The van der Waals surface area contributed by atoms with Crippen molar-refractivity contribution in [3.63, 3.8) is 0 Å². The van der Waals surface area contributed by atoms with E-state index in [0.717, 1.165) is 51.4 Å². The number of unbranched alkanes of at least 4 members (excludes halogenated alkanes) is 50. The summed E-state index contributed by atoms with van der Waals surface area (Å²) in [6, 6.07) is -0.538. The lowest BCUT2D eigenvalue weighted by atomic mass is 10.0. The molecule has 0 saturated carbocycles. The fourth-order valence-corrected chi connectivity index (χ4v) is 11.2. The van der Waals surface area contributed by atoms with Crippen LogP contribution in [-0.4, -0.2) is 47.4 Å². The van der Waals surface area contributed by atoms with Gasteiger partial charge in [0.2, 0.25) is 5.91 Å². The van der Waals surface area contributed by atoms with Crippen LogP contribution in [0.3, 0.4) is 0 Å². The first-order chi connectivity index (χ1) is 39.0. The molecule has 2 unspecified atom stereocenters. The van der Waals surface area contributed by atoms with Gasteiger partial charge in [0.05, 0.1) is 25.4 Å². The normalized spacial score (nSPS) is 12.7. The molecule has 0 aliphatic carbocycles. The van der Waals surface area contributed by atoms with Crippen molar-refractivity contribution in [2.24, 2.45) is 0 Å². The van der Waals surface area contributed by atoms with Gasteiger partial charge in [-0.1, -0.05) is 333 Å². The zero-order valence-corrected chi connectivity index (χ0v) is 53.4. The van der Waals surface area contributed by atoms with Crippen molar-refractivity contribution in [3.8, 4) is 0 Å². The fourth-order valence-electron chi connectivity index (χ4n) is 11.2. The Kier molecular flexibility index (Phi) is 66.9. The summed E-state index contributed by atoms with van der Waals surface area (Å²) in [6.45, 7) is 4.95. The number of aliphatic hydroxyl groups excluding tert-OH is 2. The quantitative estimate of drug-likeness (QED) is 0.0320. The molecule has 3 N–H and O–H groups in total. The minimum absolute atomic E-state index is 0.0112. The van der Waals surface area contributed by atoms with Gasteiger partial charge in [0.15, 0.2) is 0 Å². The highest BCUT2D eigenvalue weighted by Crippen LogP contribution is 2.19. The standard InChI is InChI=1S/C73H139NO5/c1-3-5-7-9-11-13-15-17-18-36-40-43-47-51-55-59-63-67-73(78)79-68-64-60-56-52-48-44-41-38-35-33-31-29-27-25-23-21-19-20-22-24-26-28-30-32-34-37-39-42-46-50-54-58-62-66-72(77)74-70(69-75)71(76)65-61-57-53-49-45-16-14-12-10-8-6-4-2/h11,13,17-18,23,25,70-71,75-76H,3-10,12,14-16,19-22,24,26-69H2,1-2H3,(H,74,77)/b13-11-,18-17-,25-23-. The molecule has 0 aromatic carbocycles. The smallest absolute Gasteiger partial charge is 0.305 e. The Hall–Kier alpha value is -1.92. The van der Waals surface area contributed by atoms with Gasteiger partial charge in [-0.25, -0.2) is 0 Å². The van der Waals surface area contributed by atoms with E-state index in [9.17, 15) is 19.8 Å². The topological polar surface area (TPSA) is 95.9 Å². The molecule has 0 aliphatic heterocycles. The van der Waals surface area contributed by atoms with E-state index in [1.54, 1.807) is 0 Å². The van der Waals surface area contributed by atoms with Crippen LogP contribution in [0.4, 0.5) is 0 Å². The molecule has 6 heteroatoms. The molecule has 0 bridgehead atoms. The van der Waals surface area contributed by atoms with Crippen LogP contribution >= 0.6 is 0 Å². The first kappa shape index (κ1) is 77.1. The van der Waals surface area contributed by atoms with E-state index in [1.807, 2.05) is 0 Å². The Morgan fingerprint density at radius 1 is 0.354 bits per heavy atom. The molecule has 0 aromatic rings. The van der Waals surface area contributed by atoms with Crippen LogP contribution in [-0.2, 0) is 14.3 Å². The van der Waals surface area contributed by atoms with Crippen molar-refractivity contribution < 1.29 is 24.5 Å². The van der Waals surface area contributed by atoms with E-state index < -0.39 is 12.1 Å². The highest BCUT2D eigenvalue weighted by atomic mass is 16.5. The van der Waals surface area contributed by atoms with E-state index >= 15 is 0 Å². The van der Waals surface area contributed by atoms with Crippen LogP contribution in [0.5, 0.6) is 0 Å². The van der Waals surface area contributed by atoms with Crippen molar-refractivity contribution in [2.75, 3.05) is 13.2 Å². The summed E-state index contributed by atoms with van der Waals surface area (Å²) in [5.41, 5.74) is 0. The fraction of sp³-hybridized carbons (Fsp3) is 0.890. The predicted octanol–water partition coefficient (Wildman–Crippen LogP) is 23.1. The Morgan fingerprint density at radius 3 is 1.00 bits per heavy atom. The third kappa shape index (κ3) is 65.1. The number of carbonyl (C=O) groups is 2. The number of hydrogen-bond acceptors (Lipinski definition) is 5. The average molecular weight is 1110 g/mol. The average Bonchev–Trinajstić information content (AvgIpc) is 3.45. The van der Waals surface area contributed by atoms with Gasteiger partial charge in [0, 0.05) is 12.8 Å². The lowest BCUT2D eigenvalue weighted by Crippen LogP contribution is -2.45. The minimum atomic E-state index is -0.661. The Morgan fingerprint density at radius 2 is 0.633 bits per heavy atom. The summed E-state index contributed by atoms with van der Waals surface area (Å²) in [4.78, 5) is 24.6. The summed E-state index contributed by atoms with van der Waals surface area (Å²) < 4.78 is 5.50. The third-order valence-electron chi connectivity index (χ3n) is 16.7. The van der Waals surface area contributed by atoms with Crippen LogP contribution in [0.25, 0.3) is 0 Å². The van der Waals surface area contributed by atoms with E-state index in [2.05, 4.69) is 55.6 Å². The zero-order chi connectivity index (χ0) is 57.1. The molecule has 0 spiro atoms. The van der Waals surface area contributed by atoms with Gasteiger partial charge in [-0.05, 0) is 83.5 Å². The van der Waals surface area contributed by atoms with Crippen LogP contribution in [0.2, 0.25) is 0 Å². The lowest BCUT2D eigenvalue weighted by molar-refractivity contribution is -0.143.